The van der Waals surface area contributed by atoms with E-state index in [4.69, 9.17) is 0 Å². The predicted molar refractivity (Wildman–Crippen MR) is 81.8 cm³/mol. The molecule has 0 saturated carbocycles. The molecule has 0 aliphatic carbocycles. The van der Waals surface area contributed by atoms with Gasteiger partial charge in [0, 0.05) is 25.6 Å². The van der Waals surface area contributed by atoms with E-state index in [2.05, 4.69) is 4.90 Å². The fourth-order valence-electron chi connectivity index (χ4n) is 3.65. The van der Waals surface area contributed by atoms with E-state index in [0.717, 1.165) is 17.7 Å². The van der Waals surface area contributed by atoms with Crippen LogP contribution in [0, 0.1) is 5.82 Å². The lowest BCUT2D eigenvalue weighted by Gasteiger charge is -2.17. The van der Waals surface area contributed by atoms with Gasteiger partial charge in [0.25, 0.3) is 0 Å². The van der Waals surface area contributed by atoms with Crippen LogP contribution in [0.15, 0.2) is 53.4 Å². The van der Waals surface area contributed by atoms with Gasteiger partial charge in [-0.2, -0.15) is 0 Å². The van der Waals surface area contributed by atoms with Crippen molar-refractivity contribution in [2.45, 2.75) is 22.6 Å². The van der Waals surface area contributed by atoms with Crippen molar-refractivity contribution in [1.29, 1.82) is 0 Å². The average molecular weight is 317 g/mol. The quantitative estimate of drug-likeness (QED) is 0.854. The first-order valence-electron chi connectivity index (χ1n) is 7.35. The molecule has 2 aliphatic heterocycles. The normalized spacial score (nSPS) is 25.9. The van der Waals surface area contributed by atoms with Crippen molar-refractivity contribution in [1.82, 2.24) is 4.90 Å². The summed E-state index contributed by atoms with van der Waals surface area (Å²) in [5.74, 6) is -0.194. The third kappa shape index (κ3) is 2.08. The van der Waals surface area contributed by atoms with E-state index < -0.39 is 9.84 Å². The van der Waals surface area contributed by atoms with E-state index in [-0.39, 0.29) is 17.0 Å². The Hall–Kier alpha value is -1.72. The van der Waals surface area contributed by atoms with E-state index in [1.807, 2.05) is 12.1 Å². The van der Waals surface area contributed by atoms with Crippen LogP contribution in [0.1, 0.15) is 17.0 Å². The summed E-state index contributed by atoms with van der Waals surface area (Å²) >= 11 is 0. The van der Waals surface area contributed by atoms with Gasteiger partial charge in [0.1, 0.15) is 5.82 Å². The highest BCUT2D eigenvalue weighted by Gasteiger charge is 2.49. The summed E-state index contributed by atoms with van der Waals surface area (Å²) in [6, 6.07) is 13.7. The molecule has 0 radical (unpaired) electrons. The van der Waals surface area contributed by atoms with Crippen molar-refractivity contribution in [3.8, 4) is 0 Å². The third-order valence-electron chi connectivity index (χ3n) is 4.68. The van der Waals surface area contributed by atoms with Crippen LogP contribution in [0.4, 0.5) is 4.39 Å². The number of likely N-dealkylation sites (tertiary alicyclic amines) is 1. The lowest BCUT2D eigenvalue weighted by Crippen LogP contribution is -2.25. The molecule has 1 saturated heterocycles. The summed E-state index contributed by atoms with van der Waals surface area (Å²) in [5, 5.41) is -0.342. The summed E-state index contributed by atoms with van der Waals surface area (Å²) in [6.07, 6.45) is 0. The van der Waals surface area contributed by atoms with Crippen molar-refractivity contribution in [2.24, 2.45) is 0 Å². The second kappa shape index (κ2) is 4.89. The molecule has 2 heterocycles. The summed E-state index contributed by atoms with van der Waals surface area (Å²) < 4.78 is 38.2. The van der Waals surface area contributed by atoms with Gasteiger partial charge in [-0.1, -0.05) is 30.3 Å². The fraction of sp³-hybridized carbons (Fsp3) is 0.294. The van der Waals surface area contributed by atoms with Gasteiger partial charge in [0.2, 0.25) is 0 Å². The van der Waals surface area contributed by atoms with Gasteiger partial charge < -0.3 is 0 Å². The maximum Gasteiger partial charge on any atom is 0.183 e. The van der Waals surface area contributed by atoms with Gasteiger partial charge in [-0.3, -0.25) is 4.90 Å². The Morgan fingerprint density at radius 2 is 1.77 bits per heavy atom. The minimum atomic E-state index is -3.22. The molecule has 2 aromatic carbocycles. The van der Waals surface area contributed by atoms with Gasteiger partial charge in [0.15, 0.2) is 9.84 Å². The van der Waals surface area contributed by atoms with E-state index >= 15 is 0 Å². The molecule has 0 amide bonds. The predicted octanol–water partition coefficient (Wildman–Crippen LogP) is 2.58. The Morgan fingerprint density at radius 1 is 1.05 bits per heavy atom. The van der Waals surface area contributed by atoms with E-state index in [0.29, 0.717) is 18.0 Å². The second-order valence-electron chi connectivity index (χ2n) is 6.05. The molecule has 5 heteroatoms. The topological polar surface area (TPSA) is 37.4 Å². The molecule has 0 N–H and O–H groups in total. The van der Waals surface area contributed by atoms with Crippen molar-refractivity contribution in [3.05, 3.63) is 65.5 Å². The van der Waals surface area contributed by atoms with Gasteiger partial charge in [-0.25, -0.2) is 12.8 Å². The molecule has 2 aliphatic rings. The van der Waals surface area contributed by atoms with Crippen molar-refractivity contribution in [3.63, 3.8) is 0 Å². The van der Waals surface area contributed by atoms with Crippen LogP contribution in [0.25, 0.3) is 0 Å². The Morgan fingerprint density at radius 3 is 2.55 bits per heavy atom. The minimum Gasteiger partial charge on any atom is -0.297 e. The zero-order valence-corrected chi connectivity index (χ0v) is 12.8. The minimum absolute atomic E-state index is 0.0571. The molecule has 4 rings (SSSR count). The van der Waals surface area contributed by atoms with Crippen LogP contribution < -0.4 is 0 Å². The summed E-state index contributed by atoms with van der Waals surface area (Å²) in [4.78, 5) is 2.65. The first-order valence-corrected chi connectivity index (χ1v) is 8.90. The summed E-state index contributed by atoms with van der Waals surface area (Å²) in [5.41, 5.74) is 1.96. The van der Waals surface area contributed by atoms with Crippen LogP contribution >= 0.6 is 0 Å². The molecule has 22 heavy (non-hydrogen) atoms. The van der Waals surface area contributed by atoms with E-state index in [9.17, 15) is 12.8 Å². The van der Waals surface area contributed by atoms with Crippen LogP contribution in [0.5, 0.6) is 0 Å². The zero-order valence-electron chi connectivity index (χ0n) is 11.9. The number of sulfone groups is 1. The number of hydrogen-bond acceptors (Lipinski definition) is 3. The third-order valence-corrected chi connectivity index (χ3v) is 6.94. The Balaban J connectivity index is 1.60. The number of fused-ring (bicyclic) bond motifs is 3. The lowest BCUT2D eigenvalue weighted by molar-refractivity contribution is 0.325. The zero-order chi connectivity index (χ0) is 15.3. The molecule has 0 spiro atoms. The average Bonchev–Trinajstić information content (AvgIpc) is 3.01. The number of benzene rings is 2. The molecule has 2 aromatic rings. The van der Waals surface area contributed by atoms with E-state index in [1.165, 1.54) is 12.1 Å². The number of nitrogens with zero attached hydrogens (tertiary/aromatic N) is 1. The van der Waals surface area contributed by atoms with Crippen molar-refractivity contribution < 1.29 is 12.8 Å². The van der Waals surface area contributed by atoms with Crippen LogP contribution in [0.2, 0.25) is 0 Å². The Kier molecular flexibility index (Phi) is 3.09. The smallest absolute Gasteiger partial charge is 0.183 e. The first-order chi connectivity index (χ1) is 10.6. The highest BCUT2D eigenvalue weighted by molar-refractivity contribution is 7.92. The molecule has 1 fully saturated rings. The SMILES string of the molecule is O=S1(=O)c2ccccc2[C@H]2CN(Cc3ccc(F)cc3)C[C@H]21. The van der Waals surface area contributed by atoms with Gasteiger partial charge in [-0.05, 0) is 29.3 Å². The largest absolute Gasteiger partial charge is 0.297 e. The monoisotopic (exact) mass is 317 g/mol. The molecule has 114 valence electrons. The molecule has 2 atom stereocenters. The van der Waals surface area contributed by atoms with Gasteiger partial charge >= 0.3 is 0 Å². The standard InChI is InChI=1S/C17H16FNO2S/c18-13-7-5-12(6-8-13)9-19-10-15-14-3-1-2-4-16(14)22(20,21)17(15)11-19/h1-8,15,17H,9-11H2/t15-,17-/m1/s1. The maximum absolute atomic E-state index is 13.0. The first kappa shape index (κ1) is 13.9. The van der Waals surface area contributed by atoms with Crippen LogP contribution in [0.3, 0.4) is 0 Å². The van der Waals surface area contributed by atoms with Crippen molar-refractivity contribution in [2.75, 3.05) is 13.1 Å². The maximum atomic E-state index is 13.0. The Bertz CT molecular complexity index is 817. The fourth-order valence-corrected chi connectivity index (χ4v) is 5.87. The highest BCUT2D eigenvalue weighted by Crippen LogP contribution is 2.44. The summed E-state index contributed by atoms with van der Waals surface area (Å²) in [7, 11) is -3.22. The Labute approximate surface area is 129 Å². The number of halogens is 1. The summed E-state index contributed by atoms with van der Waals surface area (Å²) in [6.45, 7) is 1.93. The second-order valence-corrected chi connectivity index (χ2v) is 8.18. The van der Waals surface area contributed by atoms with Crippen molar-refractivity contribution >= 4 is 9.84 Å². The number of hydrogen-bond donors (Lipinski definition) is 0. The molecule has 3 nitrogen and oxygen atoms in total. The molecule has 0 unspecified atom stereocenters. The van der Waals surface area contributed by atoms with Crippen LogP contribution in [-0.4, -0.2) is 31.7 Å². The van der Waals surface area contributed by atoms with E-state index in [1.54, 1.807) is 24.3 Å². The molecule has 0 bridgehead atoms. The van der Waals surface area contributed by atoms with Gasteiger partial charge in [-0.15, -0.1) is 0 Å². The van der Waals surface area contributed by atoms with Gasteiger partial charge in [0.05, 0.1) is 10.1 Å². The highest BCUT2D eigenvalue weighted by atomic mass is 32.2. The molecular weight excluding hydrogens is 301 g/mol. The number of rotatable bonds is 2. The molecule has 0 aromatic heterocycles. The van der Waals surface area contributed by atoms with Crippen LogP contribution in [-0.2, 0) is 16.4 Å². The lowest BCUT2D eigenvalue weighted by atomic mass is 9.99. The molecular formula is C17H16FNO2S.